The van der Waals surface area contributed by atoms with Crippen LogP contribution in [0.1, 0.15) is 5.56 Å². The number of rotatable bonds is 7. The standard InChI is InChI=1S/C27H23NS2/c1-4-9-22(5-2)28(23-10-7-6-8-11-23)27-19-18-26(30-27)25-17-16-24(29-25)21-14-12-20(3)13-15-21/h4-19H,1-2H2,3H3/b22-9+. The van der Waals surface area contributed by atoms with Crippen LogP contribution in [0.4, 0.5) is 10.7 Å². The molecular formula is C27H23NS2. The SMILES string of the molecule is C=C/C=C(\C=C)N(c1ccccc1)c1ccc(-c2ccc(-c3ccc(C)cc3)s2)s1. The molecule has 0 atom stereocenters. The van der Waals surface area contributed by atoms with Crippen LogP contribution in [-0.2, 0) is 0 Å². The van der Waals surface area contributed by atoms with Gasteiger partial charge in [0.25, 0.3) is 0 Å². The molecule has 0 aliphatic rings. The average molecular weight is 426 g/mol. The molecule has 2 aromatic carbocycles. The highest BCUT2D eigenvalue weighted by molar-refractivity contribution is 7.25. The Labute approximate surface area is 186 Å². The Morgan fingerprint density at radius 1 is 0.767 bits per heavy atom. The number of para-hydroxylation sites is 1. The lowest BCUT2D eigenvalue weighted by Crippen LogP contribution is -2.13. The maximum atomic E-state index is 4.01. The highest BCUT2D eigenvalue weighted by Gasteiger charge is 2.16. The fourth-order valence-corrected chi connectivity index (χ4v) is 5.41. The normalized spacial score (nSPS) is 11.3. The van der Waals surface area contributed by atoms with E-state index in [-0.39, 0.29) is 0 Å². The van der Waals surface area contributed by atoms with Gasteiger partial charge in [-0.2, -0.15) is 0 Å². The third-order valence-electron chi connectivity index (χ3n) is 4.77. The molecule has 2 heterocycles. The number of nitrogens with zero attached hydrogens (tertiary/aromatic N) is 1. The Hall–Kier alpha value is -3.14. The minimum atomic E-state index is 0.996. The smallest absolute Gasteiger partial charge is 0.101 e. The summed E-state index contributed by atoms with van der Waals surface area (Å²) < 4.78 is 0. The first-order chi connectivity index (χ1) is 14.7. The van der Waals surface area contributed by atoms with Crippen LogP contribution >= 0.6 is 22.7 Å². The third-order valence-corrected chi connectivity index (χ3v) is 7.17. The Morgan fingerprint density at radius 3 is 2.13 bits per heavy atom. The van der Waals surface area contributed by atoms with E-state index in [0.29, 0.717) is 0 Å². The number of anilines is 2. The average Bonchev–Trinajstić information content (AvgIpc) is 3.45. The molecule has 2 aromatic heterocycles. The zero-order valence-electron chi connectivity index (χ0n) is 16.9. The van der Waals surface area contributed by atoms with E-state index >= 15 is 0 Å². The lowest BCUT2D eigenvalue weighted by Gasteiger charge is -2.24. The molecule has 0 aliphatic heterocycles. The monoisotopic (exact) mass is 425 g/mol. The Bertz CT molecular complexity index is 1180. The highest BCUT2D eigenvalue weighted by atomic mass is 32.1. The number of aryl methyl sites for hydroxylation is 1. The van der Waals surface area contributed by atoms with Crippen LogP contribution in [0.15, 0.2) is 116 Å². The minimum absolute atomic E-state index is 0.996. The maximum absolute atomic E-state index is 4.01. The molecule has 0 saturated heterocycles. The van der Waals surface area contributed by atoms with Crippen molar-refractivity contribution in [1.82, 2.24) is 0 Å². The number of benzene rings is 2. The number of hydrogen-bond donors (Lipinski definition) is 0. The minimum Gasteiger partial charge on any atom is -0.302 e. The molecule has 0 N–H and O–H groups in total. The zero-order valence-corrected chi connectivity index (χ0v) is 18.5. The predicted octanol–water partition coefficient (Wildman–Crippen LogP) is 8.85. The van der Waals surface area contributed by atoms with Crippen molar-refractivity contribution in [1.29, 1.82) is 0 Å². The van der Waals surface area contributed by atoms with Crippen molar-refractivity contribution in [3.63, 3.8) is 0 Å². The van der Waals surface area contributed by atoms with Gasteiger partial charge >= 0.3 is 0 Å². The van der Waals surface area contributed by atoms with Crippen molar-refractivity contribution in [2.24, 2.45) is 0 Å². The molecule has 0 fully saturated rings. The van der Waals surface area contributed by atoms with Gasteiger partial charge in [0.1, 0.15) is 5.00 Å². The van der Waals surface area contributed by atoms with Crippen LogP contribution in [-0.4, -0.2) is 0 Å². The molecule has 3 heteroatoms. The molecule has 148 valence electrons. The van der Waals surface area contributed by atoms with Gasteiger partial charge < -0.3 is 4.90 Å². The topological polar surface area (TPSA) is 3.24 Å². The van der Waals surface area contributed by atoms with Gasteiger partial charge in [0, 0.05) is 26.0 Å². The second-order valence-electron chi connectivity index (χ2n) is 6.87. The van der Waals surface area contributed by atoms with Gasteiger partial charge in [-0.1, -0.05) is 67.3 Å². The Kier molecular flexibility index (Phi) is 6.12. The van der Waals surface area contributed by atoms with E-state index in [1.165, 1.54) is 25.8 Å². The van der Waals surface area contributed by atoms with Crippen LogP contribution < -0.4 is 4.90 Å². The molecule has 1 nitrogen and oxygen atoms in total. The number of thiophene rings is 2. The van der Waals surface area contributed by atoms with E-state index in [0.717, 1.165) is 16.4 Å². The molecule has 0 saturated carbocycles. The van der Waals surface area contributed by atoms with E-state index in [4.69, 9.17) is 0 Å². The van der Waals surface area contributed by atoms with Crippen molar-refractivity contribution in [2.75, 3.05) is 4.90 Å². The summed E-state index contributed by atoms with van der Waals surface area (Å²) >= 11 is 3.61. The Morgan fingerprint density at radius 2 is 1.43 bits per heavy atom. The molecule has 0 aliphatic carbocycles. The number of allylic oxidation sites excluding steroid dienone is 3. The van der Waals surface area contributed by atoms with Gasteiger partial charge in [0.2, 0.25) is 0 Å². The van der Waals surface area contributed by atoms with E-state index in [1.807, 2.05) is 29.6 Å². The van der Waals surface area contributed by atoms with Gasteiger partial charge in [0.05, 0.1) is 0 Å². The molecule has 4 rings (SSSR count). The summed E-state index contributed by atoms with van der Waals surface area (Å²) in [6, 6.07) is 27.9. The fraction of sp³-hybridized carbons (Fsp3) is 0.0370. The number of hydrogen-bond acceptors (Lipinski definition) is 3. The molecule has 4 aromatic rings. The molecule has 0 amide bonds. The first-order valence-corrected chi connectivity index (χ1v) is 11.4. The lowest BCUT2D eigenvalue weighted by atomic mass is 10.1. The predicted molar refractivity (Wildman–Crippen MR) is 135 cm³/mol. The van der Waals surface area contributed by atoms with Crippen LogP contribution in [0.3, 0.4) is 0 Å². The molecule has 0 unspecified atom stereocenters. The summed E-state index contributed by atoms with van der Waals surface area (Å²) in [5.74, 6) is 0. The maximum Gasteiger partial charge on any atom is 0.101 e. The summed E-state index contributed by atoms with van der Waals surface area (Å²) in [5.41, 5.74) is 4.65. The van der Waals surface area contributed by atoms with Gasteiger partial charge in [-0.3, -0.25) is 0 Å². The molecule has 0 spiro atoms. The molecular weight excluding hydrogens is 402 g/mol. The summed E-state index contributed by atoms with van der Waals surface area (Å²) in [7, 11) is 0. The van der Waals surface area contributed by atoms with Crippen molar-refractivity contribution in [3.05, 3.63) is 122 Å². The molecule has 30 heavy (non-hydrogen) atoms. The highest BCUT2D eigenvalue weighted by Crippen LogP contribution is 2.43. The van der Waals surface area contributed by atoms with Crippen LogP contribution in [0.5, 0.6) is 0 Å². The lowest BCUT2D eigenvalue weighted by molar-refractivity contribution is 1.24. The quantitative estimate of drug-likeness (QED) is 0.267. The van der Waals surface area contributed by atoms with E-state index in [2.05, 4.69) is 97.8 Å². The van der Waals surface area contributed by atoms with Gasteiger partial charge in [-0.05, 0) is 61.0 Å². The van der Waals surface area contributed by atoms with Crippen molar-refractivity contribution < 1.29 is 0 Å². The van der Waals surface area contributed by atoms with Crippen molar-refractivity contribution in [2.45, 2.75) is 6.92 Å². The van der Waals surface area contributed by atoms with E-state index in [9.17, 15) is 0 Å². The van der Waals surface area contributed by atoms with Crippen LogP contribution in [0.25, 0.3) is 20.2 Å². The summed E-state index contributed by atoms with van der Waals surface area (Å²) in [6.45, 7) is 9.99. The van der Waals surface area contributed by atoms with Gasteiger partial charge in [-0.15, -0.1) is 22.7 Å². The zero-order chi connectivity index (χ0) is 20.9. The van der Waals surface area contributed by atoms with Crippen LogP contribution in [0, 0.1) is 6.92 Å². The molecule has 0 bridgehead atoms. The summed E-state index contributed by atoms with van der Waals surface area (Å²) in [6.07, 6.45) is 5.66. The fourth-order valence-electron chi connectivity index (χ4n) is 3.26. The van der Waals surface area contributed by atoms with Crippen LogP contribution in [0.2, 0.25) is 0 Å². The summed E-state index contributed by atoms with van der Waals surface area (Å²) in [5, 5.41) is 1.15. The summed E-state index contributed by atoms with van der Waals surface area (Å²) in [4.78, 5) is 6.05. The van der Waals surface area contributed by atoms with Gasteiger partial charge in [0.15, 0.2) is 0 Å². The van der Waals surface area contributed by atoms with Crippen molar-refractivity contribution in [3.8, 4) is 20.2 Å². The largest absolute Gasteiger partial charge is 0.302 e. The first-order valence-electron chi connectivity index (χ1n) is 9.77. The Balaban J connectivity index is 1.69. The van der Waals surface area contributed by atoms with E-state index < -0.39 is 0 Å². The molecule has 0 radical (unpaired) electrons. The van der Waals surface area contributed by atoms with E-state index in [1.54, 1.807) is 17.4 Å². The first kappa shape index (κ1) is 20.1. The third kappa shape index (κ3) is 4.23. The second kappa shape index (κ2) is 9.12. The van der Waals surface area contributed by atoms with Crippen molar-refractivity contribution >= 4 is 33.4 Å². The van der Waals surface area contributed by atoms with Gasteiger partial charge in [-0.25, -0.2) is 0 Å². The second-order valence-corrected chi connectivity index (χ2v) is 9.02.